The Morgan fingerprint density at radius 2 is 1.74 bits per heavy atom. The molecule has 195 valence electrons. The van der Waals surface area contributed by atoms with Gasteiger partial charge in [0.2, 0.25) is 11.9 Å². The maximum Gasteiger partial charge on any atom is 0.270 e. The molecule has 0 unspecified atom stereocenters. The molecule has 1 aromatic heterocycles. The van der Waals surface area contributed by atoms with E-state index >= 15 is 0 Å². The first-order valence-electron chi connectivity index (χ1n) is 11.5. The van der Waals surface area contributed by atoms with Gasteiger partial charge in [0, 0.05) is 66.2 Å². The van der Waals surface area contributed by atoms with Crippen molar-refractivity contribution in [3.05, 3.63) is 54.2 Å². The van der Waals surface area contributed by atoms with E-state index in [1.165, 1.54) is 12.1 Å². The van der Waals surface area contributed by atoms with Gasteiger partial charge < -0.3 is 20.3 Å². The Balaban J connectivity index is 0.00000400. The van der Waals surface area contributed by atoms with Crippen molar-refractivity contribution in [3.63, 3.8) is 0 Å². The summed E-state index contributed by atoms with van der Waals surface area (Å²) in [6, 6.07) is 11.3. The zero-order valence-corrected chi connectivity index (χ0v) is 24.9. The zero-order valence-electron chi connectivity index (χ0n) is 22.1. The summed E-state index contributed by atoms with van der Waals surface area (Å²) in [5.74, 6) is 0.722. The van der Waals surface area contributed by atoms with Crippen molar-refractivity contribution in [1.82, 2.24) is 14.7 Å². The van der Waals surface area contributed by atoms with Crippen LogP contribution in [-0.4, -0.2) is 72.4 Å². The van der Waals surface area contributed by atoms with Crippen molar-refractivity contribution < 1.29 is 22.7 Å². The average Bonchev–Trinajstić information content (AvgIpc) is 2.85. The number of carbonyl (C=O) groups excluding carboxylic acids is 2. The quantitative estimate of drug-likeness (QED) is 0.380. The second-order valence-corrected chi connectivity index (χ2v) is 10.7. The molecule has 3 N–H and O–H groups in total. The molecule has 0 aliphatic carbocycles. The van der Waals surface area contributed by atoms with Crippen LogP contribution in [0.3, 0.4) is 0 Å². The Bertz CT molecular complexity index is 1480. The van der Waals surface area contributed by atoms with Gasteiger partial charge in [0.1, 0.15) is 11.6 Å². The minimum Gasteiger partial charge on any atom is -0.476 e. The van der Waals surface area contributed by atoms with Crippen LogP contribution >= 0.6 is 0 Å². The number of amides is 2. The number of fused-ring (bicyclic) bond motifs is 1. The Hall–Kier alpha value is -3.19. The number of carbonyl (C=O) groups is 2. The summed E-state index contributed by atoms with van der Waals surface area (Å²) in [6.45, 7) is 6.89. The van der Waals surface area contributed by atoms with Crippen LogP contribution in [-0.2, 0) is 19.6 Å². The molecule has 0 atom stereocenters. The Kier molecular flexibility index (Phi) is 8.72. The summed E-state index contributed by atoms with van der Waals surface area (Å²) in [6.07, 6.45) is 1.71. The minimum atomic E-state index is -3.93. The molecule has 2 amide bonds. The van der Waals surface area contributed by atoms with Gasteiger partial charge in [-0.05, 0) is 63.2 Å². The number of aryl methyl sites for hydroxylation is 1. The average molecular weight is 548 g/mol. The van der Waals surface area contributed by atoms with Crippen LogP contribution in [0.1, 0.15) is 32.8 Å². The molecular formula is C25H28N6NaO5S. The molecule has 2 heterocycles. The standard InChI is InChI=1S/C25H28N6O5S.Na/c1-6-21(32)30-37(34,35)18-10-7-16(8-11-18)28-24-26-14-15(2)22(29-24)27-17-9-12-20-19(13-17)31(5)23(33)25(3,4)36-20;/h7-14H,6H2,1-5H3,(H,30,32)(H2,26,27,28,29);. The number of hydrogen-bond donors (Lipinski definition) is 3. The SMILES string of the molecule is CCC(=O)NS(=O)(=O)c1ccc(Nc2ncc(C)c(Nc3ccc4c(c3)N(C)C(=O)C(C)(C)O4)n2)cc1.[Na]. The van der Waals surface area contributed by atoms with Gasteiger partial charge in [-0.3, -0.25) is 9.59 Å². The Morgan fingerprint density at radius 3 is 2.39 bits per heavy atom. The second-order valence-electron chi connectivity index (χ2n) is 9.04. The van der Waals surface area contributed by atoms with Crippen molar-refractivity contribution >= 4 is 80.2 Å². The van der Waals surface area contributed by atoms with Gasteiger partial charge in [-0.15, -0.1) is 0 Å². The number of nitrogens with one attached hydrogen (secondary N) is 3. The first kappa shape index (κ1) is 29.4. The smallest absolute Gasteiger partial charge is 0.270 e. The number of sulfonamides is 1. The van der Waals surface area contributed by atoms with Crippen LogP contribution < -0.4 is 25.0 Å². The van der Waals surface area contributed by atoms with E-state index in [-0.39, 0.29) is 46.8 Å². The van der Waals surface area contributed by atoms with Crippen molar-refractivity contribution in [2.75, 3.05) is 22.6 Å². The molecule has 0 spiro atoms. The van der Waals surface area contributed by atoms with E-state index in [4.69, 9.17) is 4.74 Å². The fourth-order valence-corrected chi connectivity index (χ4v) is 4.72. The molecule has 0 saturated heterocycles. The number of likely N-dealkylation sites (N-methyl/N-ethyl adjacent to an activating group) is 1. The molecule has 1 aliphatic heterocycles. The molecule has 0 saturated carbocycles. The van der Waals surface area contributed by atoms with E-state index in [0.717, 1.165) is 5.56 Å². The van der Waals surface area contributed by atoms with Crippen LogP contribution in [0.2, 0.25) is 0 Å². The van der Waals surface area contributed by atoms with Crippen LogP contribution in [0, 0.1) is 6.92 Å². The van der Waals surface area contributed by atoms with Crippen LogP contribution in [0.15, 0.2) is 53.6 Å². The largest absolute Gasteiger partial charge is 0.476 e. The molecule has 0 bridgehead atoms. The van der Waals surface area contributed by atoms with Crippen LogP contribution in [0.5, 0.6) is 5.75 Å². The first-order valence-corrected chi connectivity index (χ1v) is 13.0. The minimum absolute atomic E-state index is 0. The summed E-state index contributed by atoms with van der Waals surface area (Å²) in [5, 5.41) is 6.30. The molecule has 3 aromatic rings. The van der Waals surface area contributed by atoms with Gasteiger partial charge in [-0.1, -0.05) is 6.92 Å². The third-order valence-electron chi connectivity index (χ3n) is 5.73. The van der Waals surface area contributed by atoms with Crippen molar-refractivity contribution in [1.29, 1.82) is 0 Å². The number of rotatable bonds is 7. The topological polar surface area (TPSA) is 143 Å². The number of ether oxygens (including phenoxy) is 1. The normalized spacial score (nSPS) is 14.0. The molecule has 4 rings (SSSR count). The second kappa shape index (κ2) is 11.3. The third-order valence-corrected chi connectivity index (χ3v) is 7.12. The molecule has 0 fully saturated rings. The maximum atomic E-state index is 12.6. The summed E-state index contributed by atoms with van der Waals surface area (Å²) < 4.78 is 32.4. The Morgan fingerprint density at radius 1 is 1.08 bits per heavy atom. The van der Waals surface area contributed by atoms with Gasteiger partial charge in [0.05, 0.1) is 10.6 Å². The predicted octanol–water partition coefficient (Wildman–Crippen LogP) is 3.24. The fourth-order valence-electron chi connectivity index (χ4n) is 3.67. The molecule has 13 heteroatoms. The van der Waals surface area contributed by atoms with Gasteiger partial charge in [-0.2, -0.15) is 4.98 Å². The first-order chi connectivity index (χ1) is 17.4. The predicted molar refractivity (Wildman–Crippen MR) is 146 cm³/mol. The molecule has 1 aliphatic rings. The van der Waals surface area contributed by atoms with E-state index in [1.54, 1.807) is 57.1 Å². The van der Waals surface area contributed by atoms with Crippen molar-refractivity contribution in [2.24, 2.45) is 0 Å². The number of aromatic nitrogens is 2. The van der Waals surface area contributed by atoms with E-state index < -0.39 is 21.5 Å². The summed E-state index contributed by atoms with van der Waals surface area (Å²) in [4.78, 5) is 34.4. The number of benzene rings is 2. The Labute approximate surface area is 243 Å². The van der Waals surface area contributed by atoms with E-state index in [0.29, 0.717) is 34.6 Å². The van der Waals surface area contributed by atoms with Gasteiger partial charge >= 0.3 is 0 Å². The van der Waals surface area contributed by atoms with E-state index in [9.17, 15) is 18.0 Å². The van der Waals surface area contributed by atoms with Crippen LogP contribution in [0.25, 0.3) is 0 Å². The number of anilines is 5. The monoisotopic (exact) mass is 547 g/mol. The zero-order chi connectivity index (χ0) is 27.0. The van der Waals surface area contributed by atoms with Crippen molar-refractivity contribution in [2.45, 2.75) is 44.6 Å². The number of nitrogens with zero attached hydrogens (tertiary/aromatic N) is 3. The molecule has 11 nitrogen and oxygen atoms in total. The van der Waals surface area contributed by atoms with Gasteiger partial charge in [0.15, 0.2) is 5.60 Å². The number of hydrogen-bond acceptors (Lipinski definition) is 9. The molecule has 1 radical (unpaired) electrons. The van der Waals surface area contributed by atoms with Gasteiger partial charge in [-0.25, -0.2) is 18.1 Å². The summed E-state index contributed by atoms with van der Waals surface area (Å²) in [7, 11) is -2.22. The third kappa shape index (κ3) is 6.26. The molecular weight excluding hydrogens is 519 g/mol. The van der Waals surface area contributed by atoms with E-state index in [1.807, 2.05) is 23.8 Å². The van der Waals surface area contributed by atoms with Crippen molar-refractivity contribution in [3.8, 4) is 5.75 Å². The molecule has 38 heavy (non-hydrogen) atoms. The summed E-state index contributed by atoms with van der Waals surface area (Å²) >= 11 is 0. The van der Waals surface area contributed by atoms with E-state index in [2.05, 4.69) is 20.6 Å². The summed E-state index contributed by atoms with van der Waals surface area (Å²) in [5.41, 5.74) is 1.76. The van der Waals surface area contributed by atoms with Crippen LogP contribution in [0.4, 0.5) is 28.8 Å². The molecule has 2 aromatic carbocycles. The maximum absolute atomic E-state index is 12.6. The van der Waals surface area contributed by atoms with Gasteiger partial charge in [0.25, 0.3) is 15.9 Å². The fraction of sp³-hybridized carbons (Fsp3) is 0.280.